The lowest BCUT2D eigenvalue weighted by atomic mass is 9.95. The Kier molecular flexibility index (Phi) is 5.78. The highest BCUT2D eigenvalue weighted by molar-refractivity contribution is 6.00. The smallest absolute Gasteiger partial charge is 0.273 e. The van der Waals surface area contributed by atoms with E-state index in [1.54, 1.807) is 48.4 Å². The zero-order valence-corrected chi connectivity index (χ0v) is 19.4. The Hall–Kier alpha value is -4.46. The number of rotatable bonds is 7. The van der Waals surface area contributed by atoms with E-state index in [4.69, 9.17) is 9.47 Å². The Labute approximate surface area is 202 Å². The number of fused-ring (bicyclic) bond motifs is 1. The summed E-state index contributed by atoms with van der Waals surface area (Å²) in [7, 11) is 3.11. The van der Waals surface area contributed by atoms with E-state index in [0.717, 1.165) is 16.9 Å². The summed E-state index contributed by atoms with van der Waals surface area (Å²) in [5.41, 5.74) is 3.93. The van der Waals surface area contributed by atoms with Crippen LogP contribution in [-0.2, 0) is 6.42 Å². The number of phenols is 2. The largest absolute Gasteiger partial charge is 0.507 e. The van der Waals surface area contributed by atoms with Gasteiger partial charge >= 0.3 is 0 Å². The number of amides is 1. The van der Waals surface area contributed by atoms with Crippen molar-refractivity contribution in [2.24, 2.45) is 0 Å². The van der Waals surface area contributed by atoms with Crippen molar-refractivity contribution < 1.29 is 24.5 Å². The second-order valence-electron chi connectivity index (χ2n) is 8.31. The van der Waals surface area contributed by atoms with Crippen molar-refractivity contribution in [3.63, 3.8) is 0 Å². The van der Waals surface area contributed by atoms with Gasteiger partial charge in [-0.05, 0) is 53.9 Å². The number of H-pyrrole nitrogens is 1. The summed E-state index contributed by atoms with van der Waals surface area (Å²) >= 11 is 0. The Morgan fingerprint density at radius 2 is 1.74 bits per heavy atom. The molecule has 4 aromatic rings. The summed E-state index contributed by atoms with van der Waals surface area (Å²) in [6, 6.07) is 19.2. The fourth-order valence-corrected chi connectivity index (χ4v) is 4.56. The second-order valence-corrected chi connectivity index (χ2v) is 8.31. The number of carbonyl (C=O) groups is 1. The molecule has 5 rings (SSSR count). The summed E-state index contributed by atoms with van der Waals surface area (Å²) < 4.78 is 10.6. The lowest BCUT2D eigenvalue weighted by molar-refractivity contribution is 0.0745. The molecule has 3 aromatic carbocycles. The molecule has 178 valence electrons. The average Bonchev–Trinajstić information content (AvgIpc) is 3.42. The van der Waals surface area contributed by atoms with E-state index in [2.05, 4.69) is 10.2 Å². The van der Waals surface area contributed by atoms with E-state index in [1.807, 2.05) is 30.3 Å². The van der Waals surface area contributed by atoms with Gasteiger partial charge in [0.1, 0.15) is 22.9 Å². The molecular weight excluding hydrogens is 446 g/mol. The van der Waals surface area contributed by atoms with Gasteiger partial charge in [-0.2, -0.15) is 5.10 Å². The van der Waals surface area contributed by atoms with E-state index < -0.39 is 6.04 Å². The maximum atomic E-state index is 13.5. The predicted octanol–water partition coefficient (Wildman–Crippen LogP) is 4.29. The summed E-state index contributed by atoms with van der Waals surface area (Å²) in [5, 5.41) is 27.9. The molecule has 8 heteroatoms. The molecule has 1 amide bonds. The first-order chi connectivity index (χ1) is 17.0. The SMILES string of the molecule is COc1ccc(CCN2C(=O)c3[nH]nc(-c4ccccc4O)c3C2c2ccc(O)c(OC)c2)cc1. The minimum Gasteiger partial charge on any atom is -0.507 e. The van der Waals surface area contributed by atoms with Crippen LogP contribution in [0.15, 0.2) is 66.7 Å². The predicted molar refractivity (Wildman–Crippen MR) is 130 cm³/mol. The minimum atomic E-state index is -0.487. The summed E-state index contributed by atoms with van der Waals surface area (Å²) in [5.74, 6) is 0.992. The third-order valence-electron chi connectivity index (χ3n) is 6.34. The number of phenolic OH excluding ortho intramolecular Hbond substituents is 2. The lowest BCUT2D eigenvalue weighted by Gasteiger charge is -2.27. The van der Waals surface area contributed by atoms with Crippen molar-refractivity contribution >= 4 is 5.91 Å². The summed E-state index contributed by atoms with van der Waals surface area (Å²) in [6.45, 7) is 0.446. The van der Waals surface area contributed by atoms with Crippen LogP contribution in [0.4, 0.5) is 0 Å². The molecule has 1 atom stereocenters. The highest BCUT2D eigenvalue weighted by Crippen LogP contribution is 2.45. The molecule has 0 bridgehead atoms. The number of nitrogens with zero attached hydrogens (tertiary/aromatic N) is 2. The van der Waals surface area contributed by atoms with Crippen molar-refractivity contribution in [3.8, 4) is 34.3 Å². The Morgan fingerprint density at radius 1 is 0.971 bits per heavy atom. The zero-order chi connectivity index (χ0) is 24.5. The van der Waals surface area contributed by atoms with Crippen LogP contribution in [0.1, 0.15) is 33.2 Å². The molecular formula is C27H25N3O5. The molecule has 2 heterocycles. The van der Waals surface area contributed by atoms with Gasteiger partial charge < -0.3 is 24.6 Å². The van der Waals surface area contributed by atoms with Crippen molar-refractivity contribution in [1.82, 2.24) is 15.1 Å². The van der Waals surface area contributed by atoms with E-state index in [0.29, 0.717) is 41.2 Å². The third kappa shape index (κ3) is 3.93. The van der Waals surface area contributed by atoms with E-state index in [1.165, 1.54) is 7.11 Å². The Balaban J connectivity index is 1.58. The van der Waals surface area contributed by atoms with Gasteiger partial charge in [0, 0.05) is 17.7 Å². The first-order valence-electron chi connectivity index (χ1n) is 11.2. The monoisotopic (exact) mass is 471 g/mol. The molecule has 0 aliphatic carbocycles. The van der Waals surface area contributed by atoms with Gasteiger partial charge in [-0.3, -0.25) is 9.89 Å². The van der Waals surface area contributed by atoms with Crippen molar-refractivity contribution in [1.29, 1.82) is 0 Å². The summed E-state index contributed by atoms with van der Waals surface area (Å²) in [4.78, 5) is 15.3. The number of benzene rings is 3. The Bertz CT molecular complexity index is 1380. The van der Waals surface area contributed by atoms with Crippen LogP contribution in [-0.4, -0.2) is 52.0 Å². The zero-order valence-electron chi connectivity index (χ0n) is 19.4. The number of carbonyl (C=O) groups excluding carboxylic acids is 1. The molecule has 1 aliphatic heterocycles. The van der Waals surface area contributed by atoms with Crippen LogP contribution in [0.25, 0.3) is 11.3 Å². The van der Waals surface area contributed by atoms with Crippen LogP contribution >= 0.6 is 0 Å². The van der Waals surface area contributed by atoms with Gasteiger partial charge in [0.05, 0.1) is 20.3 Å². The van der Waals surface area contributed by atoms with Crippen LogP contribution in [0.5, 0.6) is 23.0 Å². The molecule has 3 N–H and O–H groups in total. The Morgan fingerprint density at radius 3 is 2.46 bits per heavy atom. The van der Waals surface area contributed by atoms with Crippen molar-refractivity contribution in [3.05, 3.63) is 89.1 Å². The number of aromatic nitrogens is 2. The van der Waals surface area contributed by atoms with Crippen molar-refractivity contribution in [2.45, 2.75) is 12.5 Å². The van der Waals surface area contributed by atoms with Gasteiger partial charge in [-0.15, -0.1) is 0 Å². The van der Waals surface area contributed by atoms with E-state index >= 15 is 0 Å². The number of aromatic amines is 1. The lowest BCUT2D eigenvalue weighted by Crippen LogP contribution is -2.31. The molecule has 0 radical (unpaired) electrons. The second kappa shape index (κ2) is 9.06. The molecule has 0 saturated heterocycles. The number of hydrogen-bond acceptors (Lipinski definition) is 6. The van der Waals surface area contributed by atoms with Gasteiger partial charge in [0.25, 0.3) is 5.91 Å². The quantitative estimate of drug-likeness (QED) is 0.371. The van der Waals surface area contributed by atoms with Crippen LogP contribution in [0, 0.1) is 0 Å². The molecule has 35 heavy (non-hydrogen) atoms. The van der Waals surface area contributed by atoms with Crippen molar-refractivity contribution in [2.75, 3.05) is 20.8 Å². The third-order valence-corrected chi connectivity index (χ3v) is 6.34. The van der Waals surface area contributed by atoms with Gasteiger partial charge in [-0.25, -0.2) is 0 Å². The minimum absolute atomic E-state index is 0.0127. The van der Waals surface area contributed by atoms with Gasteiger partial charge in [-0.1, -0.05) is 30.3 Å². The fourth-order valence-electron chi connectivity index (χ4n) is 4.56. The first kappa shape index (κ1) is 22.3. The molecule has 0 fully saturated rings. The van der Waals surface area contributed by atoms with E-state index in [-0.39, 0.29) is 17.4 Å². The van der Waals surface area contributed by atoms with Crippen LogP contribution in [0.2, 0.25) is 0 Å². The number of methoxy groups -OCH3 is 2. The number of para-hydroxylation sites is 1. The average molecular weight is 472 g/mol. The maximum Gasteiger partial charge on any atom is 0.273 e. The maximum absolute atomic E-state index is 13.5. The number of nitrogens with one attached hydrogen (secondary N) is 1. The number of ether oxygens (including phenoxy) is 2. The topological polar surface area (TPSA) is 108 Å². The highest BCUT2D eigenvalue weighted by atomic mass is 16.5. The molecule has 0 saturated carbocycles. The molecule has 1 aromatic heterocycles. The van der Waals surface area contributed by atoms with Crippen LogP contribution < -0.4 is 9.47 Å². The van der Waals surface area contributed by atoms with E-state index in [9.17, 15) is 15.0 Å². The fraction of sp³-hybridized carbons (Fsp3) is 0.185. The molecule has 1 unspecified atom stereocenters. The summed E-state index contributed by atoms with van der Waals surface area (Å²) in [6.07, 6.45) is 0.630. The van der Waals surface area contributed by atoms with Gasteiger partial charge in [0.2, 0.25) is 0 Å². The first-order valence-corrected chi connectivity index (χ1v) is 11.2. The molecule has 8 nitrogen and oxygen atoms in total. The number of aromatic hydroxyl groups is 2. The molecule has 1 aliphatic rings. The highest BCUT2D eigenvalue weighted by Gasteiger charge is 2.42. The standard InChI is InChI=1S/C27H25N3O5/c1-34-18-10-7-16(8-11-18)13-14-30-26(17-9-12-21(32)22(15-17)35-2)23-24(28-29-25(23)27(30)33)19-5-3-4-6-20(19)31/h3-12,15,26,31-32H,13-14H2,1-2H3,(H,28,29). The normalized spacial score (nSPS) is 14.7. The van der Waals surface area contributed by atoms with Gasteiger partial charge in [0.15, 0.2) is 11.5 Å². The molecule has 0 spiro atoms. The number of hydrogen-bond donors (Lipinski definition) is 3. The van der Waals surface area contributed by atoms with Crippen LogP contribution in [0.3, 0.4) is 0 Å².